The van der Waals surface area contributed by atoms with E-state index in [0.29, 0.717) is 12.4 Å². The van der Waals surface area contributed by atoms with E-state index in [0.717, 1.165) is 5.56 Å². The van der Waals surface area contributed by atoms with Crippen molar-refractivity contribution in [2.75, 3.05) is 25.3 Å². The molecule has 0 aliphatic heterocycles. The van der Waals surface area contributed by atoms with E-state index in [1.54, 1.807) is 7.05 Å². The molecule has 1 aromatic carbocycles. The lowest BCUT2D eigenvalue weighted by Crippen LogP contribution is -2.29. The highest BCUT2D eigenvalue weighted by atomic mass is 35.5. The summed E-state index contributed by atoms with van der Waals surface area (Å²) >= 11 is 5.48. The Bertz CT molecular complexity index is 476. The zero-order valence-electron chi connectivity index (χ0n) is 10.6. The molecular formula is C12H18ClNO3S. The lowest BCUT2D eigenvalue weighted by molar-refractivity contribution is 0.332. The quantitative estimate of drug-likeness (QED) is 0.723. The molecule has 1 rings (SSSR count). The number of rotatable bonds is 7. The minimum atomic E-state index is -3.29. The SMILES string of the molecule is CCOc1ccccc1CN(C)S(=O)(=O)CCCl. The second kappa shape index (κ2) is 6.97. The van der Waals surface area contributed by atoms with E-state index in [1.165, 1.54) is 4.31 Å². The van der Waals surface area contributed by atoms with Crippen molar-refractivity contribution in [3.05, 3.63) is 29.8 Å². The van der Waals surface area contributed by atoms with Crippen molar-refractivity contribution < 1.29 is 13.2 Å². The highest BCUT2D eigenvalue weighted by Gasteiger charge is 2.18. The molecule has 0 amide bonds. The van der Waals surface area contributed by atoms with Crippen LogP contribution in [0.25, 0.3) is 0 Å². The summed E-state index contributed by atoms with van der Waals surface area (Å²) in [6.45, 7) is 2.73. The maximum absolute atomic E-state index is 11.8. The zero-order valence-corrected chi connectivity index (χ0v) is 12.2. The molecule has 0 saturated heterocycles. The van der Waals surface area contributed by atoms with E-state index in [4.69, 9.17) is 16.3 Å². The first-order valence-electron chi connectivity index (χ1n) is 5.72. The van der Waals surface area contributed by atoms with Crippen LogP contribution in [-0.2, 0) is 16.6 Å². The van der Waals surface area contributed by atoms with Gasteiger partial charge in [0.1, 0.15) is 5.75 Å². The van der Waals surface area contributed by atoms with Gasteiger partial charge in [-0.1, -0.05) is 18.2 Å². The molecule has 1 aromatic rings. The van der Waals surface area contributed by atoms with E-state index in [9.17, 15) is 8.42 Å². The predicted molar refractivity (Wildman–Crippen MR) is 73.6 cm³/mol. The third-order valence-electron chi connectivity index (χ3n) is 2.48. The van der Waals surface area contributed by atoms with Gasteiger partial charge in [0.15, 0.2) is 0 Å². The maximum atomic E-state index is 11.8. The number of alkyl halides is 1. The van der Waals surface area contributed by atoms with Gasteiger partial charge in [0.2, 0.25) is 10.0 Å². The van der Waals surface area contributed by atoms with Crippen molar-refractivity contribution >= 4 is 21.6 Å². The van der Waals surface area contributed by atoms with Gasteiger partial charge in [-0.25, -0.2) is 12.7 Å². The maximum Gasteiger partial charge on any atom is 0.215 e. The van der Waals surface area contributed by atoms with Gasteiger partial charge in [0.25, 0.3) is 0 Å². The molecule has 0 spiro atoms. The van der Waals surface area contributed by atoms with Gasteiger partial charge >= 0.3 is 0 Å². The van der Waals surface area contributed by atoms with Crippen LogP contribution in [-0.4, -0.2) is 38.0 Å². The molecule has 18 heavy (non-hydrogen) atoms. The monoisotopic (exact) mass is 291 g/mol. The summed E-state index contributed by atoms with van der Waals surface area (Å²) in [4.78, 5) is 0. The van der Waals surface area contributed by atoms with Gasteiger partial charge in [-0.05, 0) is 13.0 Å². The molecule has 0 radical (unpaired) electrons. The molecule has 0 bridgehead atoms. The van der Waals surface area contributed by atoms with E-state index in [-0.39, 0.29) is 18.2 Å². The molecule has 0 atom stereocenters. The van der Waals surface area contributed by atoms with E-state index in [2.05, 4.69) is 0 Å². The summed E-state index contributed by atoms with van der Waals surface area (Å²) in [5.41, 5.74) is 0.847. The third-order valence-corrected chi connectivity index (χ3v) is 4.69. The summed E-state index contributed by atoms with van der Waals surface area (Å²) < 4.78 is 30.4. The summed E-state index contributed by atoms with van der Waals surface area (Å²) in [6.07, 6.45) is 0. The first kappa shape index (κ1) is 15.3. The minimum absolute atomic E-state index is 0.0537. The van der Waals surface area contributed by atoms with Gasteiger partial charge in [-0.15, -0.1) is 11.6 Å². The molecule has 6 heteroatoms. The smallest absolute Gasteiger partial charge is 0.215 e. The fraction of sp³-hybridized carbons (Fsp3) is 0.500. The number of ether oxygens (including phenoxy) is 1. The van der Waals surface area contributed by atoms with Gasteiger partial charge in [0.05, 0.1) is 12.4 Å². The molecule has 0 heterocycles. The summed E-state index contributed by atoms with van der Waals surface area (Å²) in [5, 5.41) is 0. The number of hydrogen-bond donors (Lipinski definition) is 0. The fourth-order valence-corrected chi connectivity index (χ4v) is 2.95. The Morgan fingerprint density at radius 1 is 1.33 bits per heavy atom. The molecule has 0 aliphatic carbocycles. The first-order chi connectivity index (χ1) is 8.51. The number of halogens is 1. The average molecular weight is 292 g/mol. The Kier molecular flexibility index (Phi) is 5.91. The lowest BCUT2D eigenvalue weighted by atomic mass is 10.2. The molecule has 0 saturated carbocycles. The van der Waals surface area contributed by atoms with Crippen molar-refractivity contribution in [1.29, 1.82) is 0 Å². The van der Waals surface area contributed by atoms with Crippen LogP contribution in [0.3, 0.4) is 0 Å². The number of para-hydroxylation sites is 1. The summed E-state index contributed by atoms with van der Waals surface area (Å²) in [6, 6.07) is 7.42. The van der Waals surface area contributed by atoms with Crippen molar-refractivity contribution in [1.82, 2.24) is 4.31 Å². The molecule has 0 aromatic heterocycles. The Morgan fingerprint density at radius 3 is 2.61 bits per heavy atom. The molecule has 4 nitrogen and oxygen atoms in total. The van der Waals surface area contributed by atoms with Crippen LogP contribution in [0.15, 0.2) is 24.3 Å². The average Bonchev–Trinajstić information content (AvgIpc) is 2.32. The Hall–Kier alpha value is -0.780. The molecular weight excluding hydrogens is 274 g/mol. The fourth-order valence-electron chi connectivity index (χ4n) is 1.52. The number of sulfonamides is 1. The van der Waals surface area contributed by atoms with Crippen LogP contribution in [0, 0.1) is 0 Å². The van der Waals surface area contributed by atoms with Crippen molar-refractivity contribution in [3.8, 4) is 5.75 Å². The van der Waals surface area contributed by atoms with Crippen molar-refractivity contribution in [2.45, 2.75) is 13.5 Å². The topological polar surface area (TPSA) is 46.6 Å². The number of hydrogen-bond acceptors (Lipinski definition) is 3. The van der Waals surface area contributed by atoms with Gasteiger partial charge in [-0.3, -0.25) is 0 Å². The Morgan fingerprint density at radius 2 is 2.00 bits per heavy atom. The Labute approximate surface area is 114 Å². The van der Waals surface area contributed by atoms with E-state index < -0.39 is 10.0 Å². The number of benzene rings is 1. The minimum Gasteiger partial charge on any atom is -0.494 e. The Balaban J connectivity index is 2.84. The van der Waals surface area contributed by atoms with Gasteiger partial charge in [-0.2, -0.15) is 0 Å². The third kappa shape index (κ3) is 4.15. The van der Waals surface area contributed by atoms with Crippen LogP contribution in [0.4, 0.5) is 0 Å². The number of nitrogens with zero attached hydrogens (tertiary/aromatic N) is 1. The summed E-state index contributed by atoms with van der Waals surface area (Å²) in [7, 11) is -1.75. The first-order valence-corrected chi connectivity index (χ1v) is 7.86. The largest absolute Gasteiger partial charge is 0.494 e. The van der Waals surface area contributed by atoms with Crippen LogP contribution in [0.1, 0.15) is 12.5 Å². The molecule has 0 aliphatic rings. The molecule has 102 valence electrons. The highest BCUT2D eigenvalue weighted by Crippen LogP contribution is 2.20. The summed E-state index contributed by atoms with van der Waals surface area (Å²) in [5.74, 6) is 0.759. The van der Waals surface area contributed by atoms with Crippen LogP contribution >= 0.6 is 11.6 Å². The zero-order chi connectivity index (χ0) is 13.6. The highest BCUT2D eigenvalue weighted by molar-refractivity contribution is 7.89. The van der Waals surface area contributed by atoms with Crippen molar-refractivity contribution in [2.24, 2.45) is 0 Å². The predicted octanol–water partition coefficient (Wildman–Crippen LogP) is 2.09. The molecule has 0 unspecified atom stereocenters. The normalized spacial score (nSPS) is 11.8. The van der Waals surface area contributed by atoms with E-state index in [1.807, 2.05) is 31.2 Å². The van der Waals surface area contributed by atoms with E-state index >= 15 is 0 Å². The van der Waals surface area contributed by atoms with Crippen LogP contribution in [0.2, 0.25) is 0 Å². The molecule has 0 N–H and O–H groups in total. The van der Waals surface area contributed by atoms with Gasteiger partial charge in [0, 0.05) is 25.0 Å². The second-order valence-electron chi connectivity index (χ2n) is 3.80. The van der Waals surface area contributed by atoms with Crippen molar-refractivity contribution in [3.63, 3.8) is 0 Å². The van der Waals surface area contributed by atoms with Gasteiger partial charge < -0.3 is 4.74 Å². The lowest BCUT2D eigenvalue weighted by Gasteiger charge is -2.18. The van der Waals surface area contributed by atoms with Crippen LogP contribution in [0.5, 0.6) is 5.75 Å². The van der Waals surface area contributed by atoms with Crippen LogP contribution < -0.4 is 4.74 Å². The standard InChI is InChI=1S/C12H18ClNO3S/c1-3-17-12-7-5-4-6-11(12)10-14(2)18(15,16)9-8-13/h4-7H,3,8-10H2,1-2H3. The second-order valence-corrected chi connectivity index (χ2v) is 6.38. The molecule has 0 fully saturated rings.